The summed E-state index contributed by atoms with van der Waals surface area (Å²) >= 11 is 0. The van der Waals surface area contributed by atoms with Crippen LogP contribution in [0.1, 0.15) is 30.7 Å². The second-order valence-electron chi connectivity index (χ2n) is 5.60. The first-order chi connectivity index (χ1) is 10.7. The van der Waals surface area contributed by atoms with E-state index in [1.54, 1.807) is 4.52 Å². The molecular weight excluding hydrogens is 281 g/mol. The van der Waals surface area contributed by atoms with Gasteiger partial charge in [0.05, 0.1) is 0 Å². The number of benzene rings is 1. The van der Waals surface area contributed by atoms with Gasteiger partial charge in [-0.15, -0.1) is 15.3 Å². The molecule has 0 unspecified atom stereocenters. The number of nitrogens with zero attached hydrogens (tertiary/aromatic N) is 4. The van der Waals surface area contributed by atoms with Gasteiger partial charge >= 0.3 is 0 Å². The SMILES string of the molecule is CCc1nnc2ccc(N[C@@H]3C[C@H]3c3ccc(F)cc3)nn12. The molecule has 0 aliphatic heterocycles. The van der Waals surface area contributed by atoms with E-state index >= 15 is 0 Å². The van der Waals surface area contributed by atoms with Gasteiger partial charge < -0.3 is 5.32 Å². The second kappa shape index (κ2) is 5.05. The van der Waals surface area contributed by atoms with Crippen molar-refractivity contribution in [2.24, 2.45) is 0 Å². The molecule has 3 aromatic rings. The van der Waals surface area contributed by atoms with E-state index in [0.29, 0.717) is 12.0 Å². The third kappa shape index (κ3) is 2.30. The number of aromatic nitrogens is 4. The van der Waals surface area contributed by atoms with Gasteiger partial charge in [-0.1, -0.05) is 19.1 Å². The lowest BCUT2D eigenvalue weighted by atomic mass is 10.1. The lowest BCUT2D eigenvalue weighted by molar-refractivity contribution is 0.627. The zero-order valence-electron chi connectivity index (χ0n) is 12.2. The maximum Gasteiger partial charge on any atom is 0.178 e. The van der Waals surface area contributed by atoms with Crippen LogP contribution in [-0.4, -0.2) is 25.9 Å². The highest BCUT2D eigenvalue weighted by atomic mass is 19.1. The second-order valence-corrected chi connectivity index (χ2v) is 5.60. The largest absolute Gasteiger partial charge is 0.365 e. The van der Waals surface area contributed by atoms with Crippen LogP contribution in [0.5, 0.6) is 0 Å². The molecule has 1 N–H and O–H groups in total. The van der Waals surface area contributed by atoms with Crippen LogP contribution in [0.2, 0.25) is 0 Å². The quantitative estimate of drug-likeness (QED) is 0.804. The van der Waals surface area contributed by atoms with E-state index in [1.807, 2.05) is 31.2 Å². The van der Waals surface area contributed by atoms with E-state index in [4.69, 9.17) is 0 Å². The highest BCUT2D eigenvalue weighted by molar-refractivity contribution is 5.46. The zero-order valence-corrected chi connectivity index (χ0v) is 12.2. The van der Waals surface area contributed by atoms with Crippen molar-refractivity contribution in [2.45, 2.75) is 31.7 Å². The first-order valence-electron chi connectivity index (χ1n) is 7.48. The van der Waals surface area contributed by atoms with Gasteiger partial charge in [0.1, 0.15) is 11.6 Å². The lowest BCUT2D eigenvalue weighted by Crippen LogP contribution is -2.08. The van der Waals surface area contributed by atoms with Gasteiger partial charge in [-0.25, -0.2) is 4.39 Å². The first-order valence-corrected chi connectivity index (χ1v) is 7.48. The highest BCUT2D eigenvalue weighted by Gasteiger charge is 2.38. The summed E-state index contributed by atoms with van der Waals surface area (Å²) in [6, 6.07) is 10.9. The van der Waals surface area contributed by atoms with Gasteiger partial charge in [-0.3, -0.25) is 0 Å². The Bertz CT molecular complexity index is 811. The van der Waals surface area contributed by atoms with E-state index in [0.717, 1.165) is 30.1 Å². The van der Waals surface area contributed by atoms with E-state index < -0.39 is 0 Å². The monoisotopic (exact) mass is 297 g/mol. The summed E-state index contributed by atoms with van der Waals surface area (Å²) < 4.78 is 14.7. The van der Waals surface area contributed by atoms with Crippen molar-refractivity contribution in [2.75, 3.05) is 5.32 Å². The van der Waals surface area contributed by atoms with Gasteiger partial charge in [0.2, 0.25) is 0 Å². The van der Waals surface area contributed by atoms with Crippen molar-refractivity contribution < 1.29 is 4.39 Å². The minimum Gasteiger partial charge on any atom is -0.365 e. The molecule has 0 spiro atoms. The van der Waals surface area contributed by atoms with E-state index in [2.05, 4.69) is 20.6 Å². The Labute approximate surface area is 127 Å². The minimum absolute atomic E-state index is 0.194. The predicted octanol–water partition coefficient (Wildman–Crippen LogP) is 2.79. The molecule has 112 valence electrons. The predicted molar refractivity (Wildman–Crippen MR) is 81.3 cm³/mol. The van der Waals surface area contributed by atoms with E-state index in [-0.39, 0.29) is 5.82 Å². The van der Waals surface area contributed by atoms with Crippen molar-refractivity contribution in [1.29, 1.82) is 0 Å². The third-order valence-corrected chi connectivity index (χ3v) is 4.07. The third-order valence-electron chi connectivity index (χ3n) is 4.07. The molecule has 1 aliphatic rings. The number of anilines is 1. The van der Waals surface area contributed by atoms with Crippen LogP contribution < -0.4 is 5.32 Å². The summed E-state index contributed by atoms with van der Waals surface area (Å²) in [5, 5.41) is 16.2. The molecular formula is C16H16FN5. The van der Waals surface area contributed by atoms with Gasteiger partial charge in [0.15, 0.2) is 11.5 Å². The van der Waals surface area contributed by atoms with Crippen molar-refractivity contribution >= 4 is 11.5 Å². The summed E-state index contributed by atoms with van der Waals surface area (Å²) in [5.74, 6) is 1.89. The molecule has 0 amide bonds. The number of fused-ring (bicyclic) bond motifs is 1. The molecule has 0 radical (unpaired) electrons. The van der Waals surface area contributed by atoms with Crippen LogP contribution in [0.15, 0.2) is 36.4 Å². The summed E-state index contributed by atoms with van der Waals surface area (Å²) in [4.78, 5) is 0. The Morgan fingerprint density at radius 3 is 2.77 bits per heavy atom. The summed E-state index contributed by atoms with van der Waals surface area (Å²) in [7, 11) is 0. The molecule has 2 heterocycles. The Hall–Kier alpha value is -2.50. The van der Waals surface area contributed by atoms with Crippen LogP contribution in [0.25, 0.3) is 5.65 Å². The number of hydrogen-bond donors (Lipinski definition) is 1. The topological polar surface area (TPSA) is 55.1 Å². The van der Waals surface area contributed by atoms with Gasteiger partial charge in [0.25, 0.3) is 0 Å². The van der Waals surface area contributed by atoms with E-state index in [1.165, 1.54) is 17.7 Å². The highest BCUT2D eigenvalue weighted by Crippen LogP contribution is 2.42. The van der Waals surface area contributed by atoms with Crippen molar-refractivity contribution in [1.82, 2.24) is 19.8 Å². The van der Waals surface area contributed by atoms with Gasteiger partial charge in [-0.05, 0) is 36.2 Å². The van der Waals surface area contributed by atoms with Crippen LogP contribution in [-0.2, 0) is 6.42 Å². The van der Waals surface area contributed by atoms with Crippen LogP contribution in [0.4, 0.5) is 10.2 Å². The molecule has 2 aromatic heterocycles. The molecule has 1 saturated carbocycles. The molecule has 1 fully saturated rings. The fourth-order valence-corrected chi connectivity index (χ4v) is 2.75. The molecule has 0 saturated heterocycles. The lowest BCUT2D eigenvalue weighted by Gasteiger charge is -2.06. The average molecular weight is 297 g/mol. The Morgan fingerprint density at radius 1 is 1.18 bits per heavy atom. The van der Waals surface area contributed by atoms with Gasteiger partial charge in [-0.2, -0.15) is 4.52 Å². The van der Waals surface area contributed by atoms with Crippen molar-refractivity contribution in [3.63, 3.8) is 0 Å². The number of nitrogens with one attached hydrogen (secondary N) is 1. The number of halogens is 1. The molecule has 0 bridgehead atoms. The molecule has 5 nitrogen and oxygen atoms in total. The summed E-state index contributed by atoms with van der Waals surface area (Å²) in [6.07, 6.45) is 1.83. The molecule has 6 heteroatoms. The number of hydrogen-bond acceptors (Lipinski definition) is 4. The van der Waals surface area contributed by atoms with Crippen LogP contribution >= 0.6 is 0 Å². The molecule has 4 rings (SSSR count). The first kappa shape index (κ1) is 13.2. The molecule has 2 atom stereocenters. The van der Waals surface area contributed by atoms with Crippen LogP contribution in [0.3, 0.4) is 0 Å². The molecule has 22 heavy (non-hydrogen) atoms. The smallest absolute Gasteiger partial charge is 0.178 e. The number of rotatable bonds is 4. The van der Waals surface area contributed by atoms with Gasteiger partial charge in [0, 0.05) is 18.4 Å². The Kier molecular flexibility index (Phi) is 3.03. The summed E-state index contributed by atoms with van der Waals surface area (Å²) in [5.41, 5.74) is 1.92. The van der Waals surface area contributed by atoms with Crippen LogP contribution in [0, 0.1) is 5.82 Å². The Morgan fingerprint density at radius 2 is 2.00 bits per heavy atom. The maximum atomic E-state index is 13.0. The number of aryl methyl sites for hydroxylation is 1. The normalized spacial score (nSPS) is 20.3. The van der Waals surface area contributed by atoms with Crippen molar-refractivity contribution in [3.05, 3.63) is 53.6 Å². The summed E-state index contributed by atoms with van der Waals surface area (Å²) in [6.45, 7) is 2.03. The van der Waals surface area contributed by atoms with E-state index in [9.17, 15) is 4.39 Å². The Balaban J connectivity index is 1.51. The van der Waals surface area contributed by atoms with Crippen molar-refractivity contribution in [3.8, 4) is 0 Å². The fraction of sp³-hybridized carbons (Fsp3) is 0.312. The maximum absolute atomic E-state index is 13.0. The molecule has 1 aliphatic carbocycles. The fourth-order valence-electron chi connectivity index (χ4n) is 2.75. The average Bonchev–Trinajstić information content (AvgIpc) is 3.17. The minimum atomic E-state index is -0.194. The zero-order chi connectivity index (χ0) is 15.1. The standard InChI is InChI=1S/C16H16FN5/c1-2-15-19-20-16-8-7-14(21-22(15)16)18-13-9-12(13)10-3-5-11(17)6-4-10/h3-8,12-13H,2,9H2,1H3,(H,18,21)/t12-,13+/m0/s1. The molecule has 1 aromatic carbocycles.